The Hall–Kier alpha value is 0.930. The zero-order valence-electron chi connectivity index (χ0n) is 3.99. The first-order chi connectivity index (χ1) is 2.89. The molecule has 0 N–H and O–H groups in total. The average molecular weight is 159 g/mol. The van der Waals surface area contributed by atoms with Crippen molar-refractivity contribution in [2.75, 3.05) is 11.5 Å². The Bertz CT molecular complexity index is 43.0. The van der Waals surface area contributed by atoms with Gasteiger partial charge in [-0.05, 0) is 12.8 Å². The summed E-state index contributed by atoms with van der Waals surface area (Å²) in [5.74, 6) is 2.56. The van der Waals surface area contributed by atoms with Crippen LogP contribution in [0.1, 0.15) is 12.8 Å². The molecule has 7 heavy (non-hydrogen) atoms. The zero-order chi connectivity index (χ0) is 4.41. The fourth-order valence-electron chi connectivity index (χ4n) is 0.619. The quantitative estimate of drug-likeness (QED) is 0.379. The maximum atomic E-state index is 5.74. The van der Waals surface area contributed by atoms with E-state index in [1.54, 1.807) is 0 Å². The second-order valence-electron chi connectivity index (χ2n) is 1.54. The molecule has 0 aromatic rings. The molecule has 1 heterocycles. The van der Waals surface area contributed by atoms with Crippen molar-refractivity contribution < 1.29 is 12.4 Å². The minimum atomic E-state index is 0. The van der Waals surface area contributed by atoms with Crippen molar-refractivity contribution in [1.29, 1.82) is 0 Å². The summed E-state index contributed by atoms with van der Waals surface area (Å²) < 4.78 is 0. The van der Waals surface area contributed by atoms with Crippen LogP contribution in [0.4, 0.5) is 0 Å². The van der Waals surface area contributed by atoms with E-state index in [0.717, 1.165) is 0 Å². The van der Waals surface area contributed by atoms with Gasteiger partial charge in [-0.15, -0.1) is 0 Å². The molecular formula is C4H8Cl2S. The van der Waals surface area contributed by atoms with Crippen LogP contribution in [0.5, 0.6) is 0 Å². The second-order valence-corrected chi connectivity index (χ2v) is 4.51. The van der Waals surface area contributed by atoms with E-state index in [1.807, 2.05) is 0 Å². The monoisotopic (exact) mass is 158 g/mol. The number of rotatable bonds is 0. The molecule has 3 heteroatoms. The first kappa shape index (κ1) is 7.93. The van der Waals surface area contributed by atoms with Gasteiger partial charge >= 0.3 is 0 Å². The highest BCUT2D eigenvalue weighted by atomic mass is 35.7. The van der Waals surface area contributed by atoms with Crippen LogP contribution in [0, 0.1) is 0 Å². The molecule has 1 aliphatic heterocycles. The standard InChI is InChI=1S/C4H8ClS.ClH/c5-6-3-1-2-4-6;/h1-4H2;1H/q+1;/p-1. The summed E-state index contributed by atoms with van der Waals surface area (Å²) in [6.07, 6.45) is 2.74. The Morgan fingerprint density at radius 3 is 1.71 bits per heavy atom. The molecule has 0 amide bonds. The first-order valence-electron chi connectivity index (χ1n) is 2.23. The summed E-state index contributed by atoms with van der Waals surface area (Å²) in [5.41, 5.74) is 0. The molecule has 0 saturated carbocycles. The van der Waals surface area contributed by atoms with E-state index in [2.05, 4.69) is 0 Å². The molecule has 44 valence electrons. The van der Waals surface area contributed by atoms with Gasteiger partial charge in [-0.1, -0.05) is 0 Å². The number of halogens is 2. The molecule has 0 unspecified atom stereocenters. The van der Waals surface area contributed by atoms with Crippen LogP contribution in [0.25, 0.3) is 0 Å². The Balaban J connectivity index is 0.000000360. The van der Waals surface area contributed by atoms with E-state index in [9.17, 15) is 0 Å². The third kappa shape index (κ3) is 2.68. The van der Waals surface area contributed by atoms with Gasteiger partial charge < -0.3 is 12.4 Å². The summed E-state index contributed by atoms with van der Waals surface area (Å²) in [4.78, 5) is 0. The Kier molecular flexibility index (Phi) is 4.39. The number of hydrogen-bond donors (Lipinski definition) is 0. The molecule has 1 aliphatic rings. The third-order valence-electron chi connectivity index (χ3n) is 0.982. The molecule has 0 bridgehead atoms. The smallest absolute Gasteiger partial charge is 0.175 e. The summed E-state index contributed by atoms with van der Waals surface area (Å²) in [7, 11) is 6.04. The lowest BCUT2D eigenvalue weighted by Gasteiger charge is -1.74. The Morgan fingerprint density at radius 2 is 1.57 bits per heavy atom. The zero-order valence-corrected chi connectivity index (χ0v) is 6.32. The molecule has 0 aromatic heterocycles. The molecule has 0 aromatic carbocycles. The van der Waals surface area contributed by atoms with Crippen LogP contribution in [0.2, 0.25) is 0 Å². The van der Waals surface area contributed by atoms with Crippen LogP contribution in [-0.2, 0) is 10.1 Å². The van der Waals surface area contributed by atoms with Crippen molar-refractivity contribution in [3.05, 3.63) is 0 Å². The average Bonchev–Trinajstić information content (AvgIpc) is 1.86. The van der Waals surface area contributed by atoms with Gasteiger partial charge in [0.2, 0.25) is 0 Å². The van der Waals surface area contributed by atoms with Crippen molar-refractivity contribution in [2.24, 2.45) is 0 Å². The highest BCUT2D eigenvalue weighted by Gasteiger charge is 2.20. The summed E-state index contributed by atoms with van der Waals surface area (Å²) in [5, 5.41) is 0. The fourth-order valence-corrected chi connectivity index (χ4v) is 2.51. The predicted octanol–water partition coefficient (Wildman–Crippen LogP) is -1.44. The molecule has 0 spiro atoms. The van der Waals surface area contributed by atoms with Gasteiger partial charge in [0.05, 0.1) is 0 Å². The van der Waals surface area contributed by atoms with E-state index in [4.69, 9.17) is 10.7 Å². The molecule has 1 saturated heterocycles. The topological polar surface area (TPSA) is 0 Å². The summed E-state index contributed by atoms with van der Waals surface area (Å²) >= 11 is 0. The SMILES string of the molecule is Cl[S+]1CCCC1.[Cl-]. The summed E-state index contributed by atoms with van der Waals surface area (Å²) in [6, 6.07) is 0. The Labute approximate surface area is 57.9 Å². The fraction of sp³-hybridized carbons (Fsp3) is 1.00. The number of hydrogen-bond acceptors (Lipinski definition) is 0. The van der Waals surface area contributed by atoms with Gasteiger partial charge in [0.25, 0.3) is 0 Å². The van der Waals surface area contributed by atoms with Crippen molar-refractivity contribution in [3.8, 4) is 0 Å². The maximum absolute atomic E-state index is 5.74. The van der Waals surface area contributed by atoms with Gasteiger partial charge in [0.15, 0.2) is 10.7 Å². The van der Waals surface area contributed by atoms with Crippen molar-refractivity contribution >= 4 is 20.8 Å². The molecule has 1 fully saturated rings. The van der Waals surface area contributed by atoms with Crippen LogP contribution in [0.15, 0.2) is 0 Å². The van der Waals surface area contributed by atoms with Crippen LogP contribution >= 0.6 is 10.7 Å². The van der Waals surface area contributed by atoms with Gasteiger partial charge in [-0.2, -0.15) is 0 Å². The highest BCUT2D eigenvalue weighted by Crippen LogP contribution is 2.15. The molecule has 1 rings (SSSR count). The minimum Gasteiger partial charge on any atom is -1.00 e. The molecule has 0 nitrogen and oxygen atoms in total. The van der Waals surface area contributed by atoms with Crippen LogP contribution in [0.3, 0.4) is 0 Å². The largest absolute Gasteiger partial charge is 1.00 e. The lowest BCUT2D eigenvalue weighted by molar-refractivity contribution is -0.00000116. The van der Waals surface area contributed by atoms with E-state index in [1.165, 1.54) is 24.3 Å². The lowest BCUT2D eigenvalue weighted by atomic mass is 10.4. The first-order valence-corrected chi connectivity index (χ1v) is 4.62. The van der Waals surface area contributed by atoms with Gasteiger partial charge in [-0.25, -0.2) is 0 Å². The van der Waals surface area contributed by atoms with E-state index >= 15 is 0 Å². The molecular weight excluding hydrogens is 151 g/mol. The van der Waals surface area contributed by atoms with E-state index < -0.39 is 0 Å². The van der Waals surface area contributed by atoms with Gasteiger partial charge in [-0.3, -0.25) is 0 Å². The van der Waals surface area contributed by atoms with Crippen LogP contribution < -0.4 is 12.4 Å². The Morgan fingerprint density at radius 1 is 1.14 bits per heavy atom. The third-order valence-corrected chi connectivity index (χ3v) is 3.37. The van der Waals surface area contributed by atoms with Crippen molar-refractivity contribution in [1.82, 2.24) is 0 Å². The normalized spacial score (nSPS) is 21.9. The summed E-state index contributed by atoms with van der Waals surface area (Å²) in [6.45, 7) is 0. The predicted molar refractivity (Wildman–Crippen MR) is 32.2 cm³/mol. The van der Waals surface area contributed by atoms with Crippen molar-refractivity contribution in [3.63, 3.8) is 0 Å². The van der Waals surface area contributed by atoms with Gasteiger partial charge in [0, 0.05) is 0 Å². The minimum absolute atomic E-state index is 0. The van der Waals surface area contributed by atoms with Gasteiger partial charge in [0.1, 0.15) is 21.6 Å². The second kappa shape index (κ2) is 3.88. The lowest BCUT2D eigenvalue weighted by Crippen LogP contribution is -3.00. The molecule has 0 atom stereocenters. The van der Waals surface area contributed by atoms with E-state index in [0.29, 0.717) is 10.1 Å². The van der Waals surface area contributed by atoms with Crippen molar-refractivity contribution in [2.45, 2.75) is 12.8 Å². The van der Waals surface area contributed by atoms with Crippen LogP contribution in [-0.4, -0.2) is 11.5 Å². The highest BCUT2D eigenvalue weighted by molar-refractivity contribution is 8.18. The molecule has 0 aliphatic carbocycles. The van der Waals surface area contributed by atoms with E-state index in [-0.39, 0.29) is 12.4 Å². The molecule has 0 radical (unpaired) electrons. The maximum Gasteiger partial charge on any atom is 0.175 e.